The lowest BCUT2D eigenvalue weighted by molar-refractivity contribution is 0.508. The van der Waals surface area contributed by atoms with Gasteiger partial charge in [0.05, 0.1) is 12.2 Å². The molecule has 0 amide bonds. The van der Waals surface area contributed by atoms with Gasteiger partial charge in [-0.05, 0) is 24.5 Å². The van der Waals surface area contributed by atoms with Crippen molar-refractivity contribution >= 4 is 11.6 Å². The van der Waals surface area contributed by atoms with Crippen molar-refractivity contribution in [3.05, 3.63) is 30.1 Å². The van der Waals surface area contributed by atoms with Crippen molar-refractivity contribution in [2.24, 2.45) is 10.9 Å². The van der Waals surface area contributed by atoms with Gasteiger partial charge in [-0.1, -0.05) is 12.1 Å². The van der Waals surface area contributed by atoms with Crippen molar-refractivity contribution in [2.45, 2.75) is 6.42 Å². The zero-order valence-electron chi connectivity index (χ0n) is 11.8. The van der Waals surface area contributed by atoms with Crippen molar-refractivity contribution in [3.8, 4) is 0 Å². The molecule has 1 unspecified atom stereocenters. The van der Waals surface area contributed by atoms with Gasteiger partial charge in [-0.15, -0.1) is 0 Å². The summed E-state index contributed by atoms with van der Waals surface area (Å²) in [5.74, 6) is 1.42. The summed E-state index contributed by atoms with van der Waals surface area (Å²) in [5.41, 5.74) is 0.727. The van der Waals surface area contributed by atoms with Crippen LogP contribution in [0.1, 0.15) is 6.42 Å². The van der Waals surface area contributed by atoms with Gasteiger partial charge in [0, 0.05) is 33.2 Å². The number of aliphatic imine (C=N–C) groups is 1. The highest BCUT2D eigenvalue weighted by atomic mass is 19.1. The van der Waals surface area contributed by atoms with Crippen LogP contribution in [0.25, 0.3) is 0 Å². The predicted molar refractivity (Wildman–Crippen MR) is 79.7 cm³/mol. The molecule has 1 aromatic rings. The fourth-order valence-corrected chi connectivity index (χ4v) is 2.89. The normalized spacial score (nSPS) is 22.3. The molecule has 1 aromatic carbocycles. The van der Waals surface area contributed by atoms with Crippen LogP contribution in [0, 0.1) is 11.7 Å². The molecule has 1 atom stereocenters. The first-order valence-electron chi connectivity index (χ1n) is 7.23. The highest BCUT2D eigenvalue weighted by Crippen LogP contribution is 2.25. The molecular weight excluding hydrogens is 255 g/mol. The first-order chi connectivity index (χ1) is 9.74. The van der Waals surface area contributed by atoms with Gasteiger partial charge in [-0.3, -0.25) is 4.99 Å². The lowest BCUT2D eigenvalue weighted by Crippen LogP contribution is -2.38. The van der Waals surface area contributed by atoms with Gasteiger partial charge < -0.3 is 15.1 Å². The van der Waals surface area contributed by atoms with E-state index >= 15 is 0 Å². The van der Waals surface area contributed by atoms with Crippen LogP contribution in [0.4, 0.5) is 10.1 Å². The Morgan fingerprint density at radius 1 is 1.35 bits per heavy atom. The minimum Gasteiger partial charge on any atom is -0.369 e. The van der Waals surface area contributed by atoms with Crippen molar-refractivity contribution < 1.29 is 4.39 Å². The number of hydrogen-bond acceptors (Lipinski definition) is 4. The Morgan fingerprint density at radius 3 is 2.95 bits per heavy atom. The number of nitrogens with one attached hydrogen (secondary N) is 1. The number of anilines is 1. The quantitative estimate of drug-likeness (QED) is 0.908. The van der Waals surface area contributed by atoms with E-state index in [-0.39, 0.29) is 5.82 Å². The van der Waals surface area contributed by atoms with E-state index in [1.807, 2.05) is 12.1 Å². The third-order valence-electron chi connectivity index (χ3n) is 4.09. The largest absolute Gasteiger partial charge is 0.369 e. The summed E-state index contributed by atoms with van der Waals surface area (Å²) in [6.45, 7) is 4.62. The third kappa shape index (κ3) is 2.71. The van der Waals surface area contributed by atoms with Crippen molar-refractivity contribution in [2.75, 3.05) is 44.7 Å². The smallest absolute Gasteiger partial charge is 0.193 e. The monoisotopic (exact) mass is 276 g/mol. The molecule has 0 radical (unpaired) electrons. The SMILES string of the molecule is CN1CCN=C1NCC1CCN(c2ccccc2F)C1. The van der Waals surface area contributed by atoms with E-state index in [9.17, 15) is 4.39 Å². The van der Waals surface area contributed by atoms with Crippen LogP contribution in [-0.4, -0.2) is 50.6 Å². The average Bonchev–Trinajstić information content (AvgIpc) is 3.06. The fraction of sp³-hybridized carbons (Fsp3) is 0.533. The summed E-state index contributed by atoms with van der Waals surface area (Å²) in [7, 11) is 2.05. The molecule has 2 heterocycles. The van der Waals surface area contributed by atoms with Crippen LogP contribution in [0.2, 0.25) is 0 Å². The molecule has 4 nitrogen and oxygen atoms in total. The standard InChI is InChI=1S/C15H21FN4/c1-19-9-7-17-15(19)18-10-12-6-8-20(11-12)14-5-3-2-4-13(14)16/h2-5,12H,6-11H2,1H3,(H,17,18). The Morgan fingerprint density at radius 2 is 2.20 bits per heavy atom. The summed E-state index contributed by atoms with van der Waals surface area (Å²) >= 11 is 0. The van der Waals surface area contributed by atoms with E-state index in [0.29, 0.717) is 5.92 Å². The van der Waals surface area contributed by atoms with E-state index in [2.05, 4.69) is 27.2 Å². The van der Waals surface area contributed by atoms with Crippen molar-refractivity contribution in [3.63, 3.8) is 0 Å². The van der Waals surface area contributed by atoms with E-state index in [4.69, 9.17) is 0 Å². The minimum absolute atomic E-state index is 0.124. The lowest BCUT2D eigenvalue weighted by Gasteiger charge is -2.20. The van der Waals surface area contributed by atoms with E-state index in [1.165, 1.54) is 6.07 Å². The van der Waals surface area contributed by atoms with Gasteiger partial charge in [0.15, 0.2) is 5.96 Å². The summed E-state index contributed by atoms with van der Waals surface area (Å²) in [5, 5.41) is 3.42. The molecule has 0 saturated carbocycles. The van der Waals surface area contributed by atoms with Crippen LogP contribution >= 0.6 is 0 Å². The van der Waals surface area contributed by atoms with Gasteiger partial charge in [-0.25, -0.2) is 4.39 Å². The maximum absolute atomic E-state index is 13.8. The molecule has 108 valence electrons. The Hall–Kier alpha value is -1.78. The molecule has 20 heavy (non-hydrogen) atoms. The van der Waals surface area contributed by atoms with E-state index in [1.54, 1.807) is 6.07 Å². The maximum atomic E-state index is 13.8. The number of benzene rings is 1. The van der Waals surface area contributed by atoms with Crippen molar-refractivity contribution in [1.82, 2.24) is 10.2 Å². The number of guanidine groups is 1. The number of rotatable bonds is 3. The molecule has 1 N–H and O–H groups in total. The van der Waals surface area contributed by atoms with Crippen LogP contribution < -0.4 is 10.2 Å². The first-order valence-corrected chi connectivity index (χ1v) is 7.23. The summed E-state index contributed by atoms with van der Waals surface area (Å²) < 4.78 is 13.8. The Kier molecular flexibility index (Phi) is 3.76. The summed E-state index contributed by atoms with van der Waals surface area (Å²) in [4.78, 5) is 8.71. The van der Waals surface area contributed by atoms with Crippen LogP contribution in [0.3, 0.4) is 0 Å². The number of likely N-dealkylation sites (N-methyl/N-ethyl adjacent to an activating group) is 1. The molecule has 0 aromatic heterocycles. The molecule has 0 bridgehead atoms. The molecule has 0 spiro atoms. The zero-order valence-corrected chi connectivity index (χ0v) is 11.8. The maximum Gasteiger partial charge on any atom is 0.193 e. The predicted octanol–water partition coefficient (Wildman–Crippen LogP) is 1.54. The van der Waals surface area contributed by atoms with Gasteiger partial charge in [0.1, 0.15) is 5.82 Å². The van der Waals surface area contributed by atoms with Crippen LogP contribution in [0.5, 0.6) is 0 Å². The van der Waals surface area contributed by atoms with Crippen LogP contribution in [-0.2, 0) is 0 Å². The van der Waals surface area contributed by atoms with Gasteiger partial charge in [0.2, 0.25) is 0 Å². The van der Waals surface area contributed by atoms with Gasteiger partial charge in [-0.2, -0.15) is 0 Å². The number of hydrogen-bond donors (Lipinski definition) is 1. The molecule has 2 aliphatic heterocycles. The van der Waals surface area contributed by atoms with Crippen LogP contribution in [0.15, 0.2) is 29.3 Å². The number of para-hydroxylation sites is 1. The molecule has 3 rings (SSSR count). The Labute approximate surface area is 119 Å². The zero-order chi connectivity index (χ0) is 13.9. The summed E-state index contributed by atoms with van der Waals surface area (Å²) in [6.07, 6.45) is 1.10. The molecule has 5 heteroatoms. The average molecular weight is 276 g/mol. The van der Waals surface area contributed by atoms with E-state index in [0.717, 1.165) is 50.8 Å². The van der Waals surface area contributed by atoms with Gasteiger partial charge >= 0.3 is 0 Å². The molecular formula is C15H21FN4. The molecule has 1 fully saturated rings. The fourth-order valence-electron chi connectivity index (χ4n) is 2.89. The second-order valence-corrected chi connectivity index (χ2v) is 5.56. The molecule has 0 aliphatic carbocycles. The highest BCUT2D eigenvalue weighted by molar-refractivity contribution is 5.81. The summed E-state index contributed by atoms with van der Waals surface area (Å²) in [6, 6.07) is 7.03. The molecule has 2 aliphatic rings. The third-order valence-corrected chi connectivity index (χ3v) is 4.09. The Bertz CT molecular complexity index is 502. The first kappa shape index (κ1) is 13.2. The number of nitrogens with zero attached hydrogens (tertiary/aromatic N) is 3. The lowest BCUT2D eigenvalue weighted by atomic mass is 10.1. The number of halogens is 1. The topological polar surface area (TPSA) is 30.9 Å². The van der Waals surface area contributed by atoms with Crippen molar-refractivity contribution in [1.29, 1.82) is 0 Å². The Balaban J connectivity index is 1.54. The molecule has 1 saturated heterocycles. The second kappa shape index (κ2) is 5.69. The second-order valence-electron chi connectivity index (χ2n) is 5.56. The van der Waals surface area contributed by atoms with E-state index < -0.39 is 0 Å². The minimum atomic E-state index is -0.124. The highest BCUT2D eigenvalue weighted by Gasteiger charge is 2.25. The van der Waals surface area contributed by atoms with Gasteiger partial charge in [0.25, 0.3) is 0 Å².